The van der Waals surface area contributed by atoms with Gasteiger partial charge in [0.2, 0.25) is 0 Å². The molecule has 1 aromatic carbocycles. The number of nitrogens with zero attached hydrogens (tertiary/aromatic N) is 1. The molecule has 0 radical (unpaired) electrons. The highest BCUT2D eigenvalue weighted by molar-refractivity contribution is 5.98. The van der Waals surface area contributed by atoms with Gasteiger partial charge in [0.15, 0.2) is 0 Å². The number of hydrogen-bond acceptors (Lipinski definition) is 2. The number of amides is 1. The molecule has 1 fully saturated rings. The highest BCUT2D eigenvalue weighted by atomic mass is 16.1. The van der Waals surface area contributed by atoms with Gasteiger partial charge in [0, 0.05) is 29.9 Å². The zero-order valence-corrected chi connectivity index (χ0v) is 12.0. The average molecular weight is 271 g/mol. The van der Waals surface area contributed by atoms with Gasteiger partial charge in [-0.3, -0.25) is 4.79 Å². The molecule has 0 spiro atoms. The molecule has 2 atom stereocenters. The lowest BCUT2D eigenvalue weighted by Crippen LogP contribution is -2.48. The molecule has 2 unspecified atom stereocenters. The summed E-state index contributed by atoms with van der Waals surface area (Å²) in [6.45, 7) is 4.29. The molecule has 1 saturated heterocycles. The topological polar surface area (TPSA) is 48.1 Å². The Morgan fingerprint density at radius 1 is 1.40 bits per heavy atom. The molecule has 1 aliphatic rings. The SMILES string of the molecule is CC1CN(C)CCC1NC(=O)c1ccc2cc[nH]c2c1. The number of benzene rings is 1. The molecule has 0 aliphatic carbocycles. The van der Waals surface area contributed by atoms with Crippen molar-refractivity contribution in [2.45, 2.75) is 19.4 Å². The molecule has 2 aromatic rings. The van der Waals surface area contributed by atoms with Crippen LogP contribution in [0.1, 0.15) is 23.7 Å². The van der Waals surface area contributed by atoms with Gasteiger partial charge in [0.05, 0.1) is 0 Å². The Bertz CT molecular complexity index is 619. The summed E-state index contributed by atoms with van der Waals surface area (Å²) in [5.41, 5.74) is 1.74. The summed E-state index contributed by atoms with van der Waals surface area (Å²) in [5.74, 6) is 0.523. The van der Waals surface area contributed by atoms with E-state index in [2.05, 4.69) is 29.2 Å². The van der Waals surface area contributed by atoms with E-state index in [1.807, 2.05) is 30.5 Å². The lowest BCUT2D eigenvalue weighted by Gasteiger charge is -2.35. The Morgan fingerprint density at radius 3 is 3.05 bits per heavy atom. The van der Waals surface area contributed by atoms with Gasteiger partial charge in [-0.15, -0.1) is 0 Å². The summed E-state index contributed by atoms with van der Waals surface area (Å²) < 4.78 is 0. The van der Waals surface area contributed by atoms with Crippen molar-refractivity contribution in [2.24, 2.45) is 5.92 Å². The van der Waals surface area contributed by atoms with E-state index in [1.54, 1.807) is 0 Å². The second kappa shape index (κ2) is 5.29. The molecule has 20 heavy (non-hydrogen) atoms. The van der Waals surface area contributed by atoms with Gasteiger partial charge in [-0.1, -0.05) is 13.0 Å². The van der Waals surface area contributed by atoms with Crippen molar-refractivity contribution >= 4 is 16.8 Å². The molecule has 1 aromatic heterocycles. The fourth-order valence-corrected chi connectivity index (χ4v) is 3.01. The van der Waals surface area contributed by atoms with E-state index in [9.17, 15) is 4.79 Å². The first-order chi connectivity index (χ1) is 9.63. The molecular formula is C16H21N3O. The third-order valence-electron chi connectivity index (χ3n) is 4.24. The van der Waals surface area contributed by atoms with Crippen LogP contribution in [0, 0.1) is 5.92 Å². The van der Waals surface area contributed by atoms with E-state index < -0.39 is 0 Å². The predicted octanol–water partition coefficient (Wildman–Crippen LogP) is 2.24. The number of aromatic nitrogens is 1. The summed E-state index contributed by atoms with van der Waals surface area (Å²) in [5, 5.41) is 4.32. The van der Waals surface area contributed by atoms with Crippen molar-refractivity contribution in [2.75, 3.05) is 20.1 Å². The van der Waals surface area contributed by atoms with E-state index in [-0.39, 0.29) is 11.9 Å². The largest absolute Gasteiger partial charge is 0.361 e. The van der Waals surface area contributed by atoms with E-state index in [0.717, 1.165) is 36.0 Å². The molecule has 4 heteroatoms. The quantitative estimate of drug-likeness (QED) is 0.880. The van der Waals surface area contributed by atoms with Crippen molar-refractivity contribution in [3.8, 4) is 0 Å². The fraction of sp³-hybridized carbons (Fsp3) is 0.438. The summed E-state index contributed by atoms with van der Waals surface area (Å²) >= 11 is 0. The van der Waals surface area contributed by atoms with Gasteiger partial charge in [0.25, 0.3) is 5.91 Å². The highest BCUT2D eigenvalue weighted by Crippen LogP contribution is 2.18. The molecule has 2 N–H and O–H groups in total. The second-order valence-electron chi connectivity index (χ2n) is 5.89. The van der Waals surface area contributed by atoms with Crippen LogP contribution in [-0.2, 0) is 0 Å². The molecule has 1 amide bonds. The number of fused-ring (bicyclic) bond motifs is 1. The normalized spacial score (nSPS) is 23.9. The minimum Gasteiger partial charge on any atom is -0.361 e. The van der Waals surface area contributed by atoms with Crippen molar-refractivity contribution in [1.29, 1.82) is 0 Å². The maximum Gasteiger partial charge on any atom is 0.251 e. The maximum absolute atomic E-state index is 12.4. The van der Waals surface area contributed by atoms with Crippen molar-refractivity contribution in [1.82, 2.24) is 15.2 Å². The molecule has 0 bridgehead atoms. The van der Waals surface area contributed by atoms with E-state index in [4.69, 9.17) is 0 Å². The zero-order valence-electron chi connectivity index (χ0n) is 12.0. The number of rotatable bonds is 2. The minimum atomic E-state index is 0.0305. The standard InChI is InChI=1S/C16H21N3O/c1-11-10-19(2)8-6-14(11)18-16(20)13-4-3-12-5-7-17-15(12)9-13/h3-5,7,9,11,14,17H,6,8,10H2,1-2H3,(H,18,20). The fourth-order valence-electron chi connectivity index (χ4n) is 3.01. The molecule has 4 nitrogen and oxygen atoms in total. The summed E-state index contributed by atoms with van der Waals surface area (Å²) in [6, 6.07) is 8.09. The van der Waals surface area contributed by atoms with Gasteiger partial charge in [-0.25, -0.2) is 0 Å². The minimum absolute atomic E-state index is 0.0305. The number of hydrogen-bond donors (Lipinski definition) is 2. The smallest absolute Gasteiger partial charge is 0.251 e. The van der Waals surface area contributed by atoms with Crippen LogP contribution in [0.5, 0.6) is 0 Å². The lowest BCUT2D eigenvalue weighted by molar-refractivity contribution is 0.0884. The summed E-state index contributed by atoms with van der Waals surface area (Å²) in [4.78, 5) is 17.8. The first kappa shape index (κ1) is 13.2. The molecule has 106 valence electrons. The van der Waals surface area contributed by atoms with E-state index in [0.29, 0.717) is 5.92 Å². The van der Waals surface area contributed by atoms with Gasteiger partial charge in [-0.2, -0.15) is 0 Å². The van der Waals surface area contributed by atoms with Crippen LogP contribution in [0.15, 0.2) is 30.5 Å². The molecule has 2 heterocycles. The molecule has 1 aliphatic heterocycles. The summed E-state index contributed by atoms with van der Waals surface area (Å²) in [6.07, 6.45) is 2.92. The third-order valence-corrected chi connectivity index (χ3v) is 4.24. The number of likely N-dealkylation sites (tertiary alicyclic amines) is 1. The number of carbonyl (C=O) groups excluding carboxylic acids is 1. The third kappa shape index (κ3) is 2.56. The maximum atomic E-state index is 12.4. The van der Waals surface area contributed by atoms with Crippen molar-refractivity contribution in [3.05, 3.63) is 36.0 Å². The van der Waals surface area contributed by atoms with Crippen LogP contribution < -0.4 is 5.32 Å². The number of carbonyl (C=O) groups is 1. The Balaban J connectivity index is 1.72. The highest BCUT2D eigenvalue weighted by Gasteiger charge is 2.25. The van der Waals surface area contributed by atoms with Gasteiger partial charge < -0.3 is 15.2 Å². The first-order valence-electron chi connectivity index (χ1n) is 7.20. The van der Waals surface area contributed by atoms with Crippen molar-refractivity contribution < 1.29 is 4.79 Å². The number of aromatic amines is 1. The lowest BCUT2D eigenvalue weighted by atomic mass is 9.94. The van der Waals surface area contributed by atoms with Gasteiger partial charge in [0.1, 0.15) is 0 Å². The van der Waals surface area contributed by atoms with Crippen LogP contribution in [0.25, 0.3) is 10.9 Å². The molecule has 0 saturated carbocycles. The van der Waals surface area contributed by atoms with E-state index >= 15 is 0 Å². The summed E-state index contributed by atoms with van der Waals surface area (Å²) in [7, 11) is 2.13. The van der Waals surface area contributed by atoms with E-state index in [1.165, 1.54) is 0 Å². The van der Waals surface area contributed by atoms with Gasteiger partial charge in [-0.05, 0) is 49.5 Å². The van der Waals surface area contributed by atoms with Crippen LogP contribution in [-0.4, -0.2) is 42.0 Å². The van der Waals surface area contributed by atoms with Crippen LogP contribution in [0.3, 0.4) is 0 Å². The van der Waals surface area contributed by atoms with Crippen LogP contribution in [0.4, 0.5) is 0 Å². The molecular weight excluding hydrogens is 250 g/mol. The Hall–Kier alpha value is -1.81. The second-order valence-corrected chi connectivity index (χ2v) is 5.89. The van der Waals surface area contributed by atoms with Crippen molar-refractivity contribution in [3.63, 3.8) is 0 Å². The zero-order chi connectivity index (χ0) is 14.1. The Morgan fingerprint density at radius 2 is 2.25 bits per heavy atom. The monoisotopic (exact) mass is 271 g/mol. The van der Waals surface area contributed by atoms with Crippen LogP contribution >= 0.6 is 0 Å². The van der Waals surface area contributed by atoms with Gasteiger partial charge >= 0.3 is 0 Å². The van der Waals surface area contributed by atoms with Crippen LogP contribution in [0.2, 0.25) is 0 Å². The first-order valence-corrected chi connectivity index (χ1v) is 7.20. The predicted molar refractivity (Wildman–Crippen MR) is 80.8 cm³/mol. The molecule has 3 rings (SSSR count). The Labute approximate surface area is 119 Å². The Kier molecular flexibility index (Phi) is 3.49. The number of nitrogens with one attached hydrogen (secondary N) is 2. The average Bonchev–Trinajstić information content (AvgIpc) is 2.89. The number of piperidine rings is 1. The number of H-pyrrole nitrogens is 1.